The van der Waals surface area contributed by atoms with E-state index in [4.69, 9.17) is 0 Å². The lowest BCUT2D eigenvalue weighted by molar-refractivity contribution is -0.671. The predicted molar refractivity (Wildman–Crippen MR) is 227 cm³/mol. The molecule has 14 heteroatoms. The molecule has 2 N–H and O–H groups in total. The van der Waals surface area contributed by atoms with Crippen LogP contribution in [0.1, 0.15) is 31.8 Å². The van der Waals surface area contributed by atoms with Crippen LogP contribution in [0.5, 0.6) is 0 Å². The van der Waals surface area contributed by atoms with Gasteiger partial charge in [0.05, 0.1) is 9.79 Å². The first-order valence-corrected chi connectivity index (χ1v) is 21.2. The van der Waals surface area contributed by atoms with Crippen molar-refractivity contribution in [3.8, 4) is 22.3 Å². The van der Waals surface area contributed by atoms with Gasteiger partial charge in [-0.3, -0.25) is 9.59 Å². The van der Waals surface area contributed by atoms with E-state index < -0.39 is 20.2 Å². The number of carbonyl (C=O) groups is 2. The molecule has 7 aromatic rings. The van der Waals surface area contributed by atoms with Crippen LogP contribution in [-0.2, 0) is 34.3 Å². The Labute approximate surface area is 350 Å². The summed E-state index contributed by atoms with van der Waals surface area (Å²) in [6.07, 6.45) is 8.06. The molecule has 0 fully saturated rings. The number of aryl methyl sites for hydroxylation is 4. The number of nitrogens with zero attached hydrogens (tertiary/aromatic N) is 2. The zero-order valence-corrected chi connectivity index (χ0v) is 34.8. The third kappa shape index (κ3) is 13.1. The summed E-state index contributed by atoms with van der Waals surface area (Å²) in [6.45, 7) is 3.64. The van der Waals surface area contributed by atoms with Crippen LogP contribution in [0.2, 0.25) is 0 Å². The summed E-state index contributed by atoms with van der Waals surface area (Å²) >= 11 is 0. The molecule has 0 aliphatic heterocycles. The number of anilines is 2. The largest absolute Gasteiger partial charge is 0.744 e. The highest BCUT2D eigenvalue weighted by molar-refractivity contribution is 7.86. The summed E-state index contributed by atoms with van der Waals surface area (Å²) in [4.78, 5) is 25.1. The number of rotatable bonds is 8. The van der Waals surface area contributed by atoms with Crippen molar-refractivity contribution in [1.82, 2.24) is 0 Å². The van der Waals surface area contributed by atoms with Crippen LogP contribution in [0, 0.1) is 13.8 Å². The summed E-state index contributed by atoms with van der Waals surface area (Å²) in [5.74, 6) is -0.471. The number of hydrogen-bond donors (Lipinski definition) is 2. The summed E-state index contributed by atoms with van der Waals surface area (Å²) in [5, 5.41) is 5.83. The Balaban J connectivity index is 0.000000252. The predicted octanol–water partition coefficient (Wildman–Crippen LogP) is 6.97. The minimum Gasteiger partial charge on any atom is -0.744 e. The topological polar surface area (TPSA) is 180 Å². The zero-order chi connectivity index (χ0) is 43.5. The fraction of sp³-hybridized carbons (Fsp3) is 0.0870. The minimum absolute atomic E-state index is 0.178. The van der Waals surface area contributed by atoms with Crippen LogP contribution in [0.4, 0.5) is 11.4 Å². The average molecular weight is 843 g/mol. The van der Waals surface area contributed by atoms with Gasteiger partial charge in [0.2, 0.25) is 0 Å². The van der Waals surface area contributed by atoms with Crippen molar-refractivity contribution >= 4 is 43.4 Å². The second-order valence-electron chi connectivity index (χ2n) is 13.7. The van der Waals surface area contributed by atoms with E-state index in [1.54, 1.807) is 48.5 Å². The van der Waals surface area contributed by atoms with Crippen LogP contribution >= 0.6 is 0 Å². The molecular formula is C46H42N4O8S2. The van der Waals surface area contributed by atoms with E-state index in [2.05, 4.69) is 10.6 Å². The molecule has 0 saturated carbocycles. The Kier molecular flexibility index (Phi) is 14.6. The number of benzene rings is 5. The summed E-state index contributed by atoms with van der Waals surface area (Å²) < 4.78 is 66.3. The van der Waals surface area contributed by atoms with Crippen LogP contribution in [0.15, 0.2) is 180 Å². The minimum atomic E-state index is -4.27. The fourth-order valence-corrected chi connectivity index (χ4v) is 6.54. The third-order valence-electron chi connectivity index (χ3n) is 8.86. The Morgan fingerprint density at radius 1 is 0.450 bits per heavy atom. The first kappa shape index (κ1) is 44.3. The van der Waals surface area contributed by atoms with E-state index in [9.17, 15) is 35.5 Å². The molecule has 60 heavy (non-hydrogen) atoms. The molecular weight excluding hydrogens is 801 g/mol. The number of nitrogens with one attached hydrogen (secondary N) is 2. The summed E-state index contributed by atoms with van der Waals surface area (Å²) in [7, 11) is -4.57. The molecule has 0 radical (unpaired) electrons. The normalized spacial score (nSPS) is 10.9. The van der Waals surface area contributed by atoms with Crippen molar-refractivity contribution in [1.29, 1.82) is 0 Å². The molecule has 306 valence electrons. The third-order valence-corrected chi connectivity index (χ3v) is 10.6. The molecule has 0 atom stereocenters. The lowest BCUT2D eigenvalue weighted by atomic mass is 10.1. The van der Waals surface area contributed by atoms with Crippen molar-refractivity contribution in [2.45, 2.75) is 23.6 Å². The average Bonchev–Trinajstić information content (AvgIpc) is 3.21. The molecule has 0 aliphatic rings. The molecule has 5 aromatic carbocycles. The SMILES string of the molecule is C[n+]1cccc(-c2ccc(NC(=O)c3ccc(C(=O)Nc4ccc(-c5ccc[n+](C)c5)cc4)cc3)cc2)c1.Cc1ccc(S(=O)(=O)[O-])cc1.Cc1ccc(S(=O)(=O)[O-])cc1. The van der Waals surface area contributed by atoms with Gasteiger partial charge in [-0.1, -0.05) is 59.7 Å². The van der Waals surface area contributed by atoms with Gasteiger partial charge in [0.1, 0.15) is 34.3 Å². The van der Waals surface area contributed by atoms with Crippen molar-refractivity contribution in [2.24, 2.45) is 14.1 Å². The number of pyridine rings is 2. The van der Waals surface area contributed by atoms with E-state index in [1.165, 1.54) is 24.3 Å². The lowest BCUT2D eigenvalue weighted by Gasteiger charge is -2.09. The second kappa shape index (κ2) is 19.7. The van der Waals surface area contributed by atoms with E-state index in [0.717, 1.165) is 33.4 Å². The Morgan fingerprint density at radius 2 is 0.767 bits per heavy atom. The zero-order valence-electron chi connectivity index (χ0n) is 33.1. The van der Waals surface area contributed by atoms with Gasteiger partial charge < -0.3 is 19.7 Å². The molecule has 2 amide bonds. The standard InChI is InChI=1S/C32H26N4O2.2C7H8O3S/c1-35-19-3-5-27(21-35)23-11-15-29(16-12-23)33-31(37)25-7-9-26(10-8-25)32(38)34-30-17-13-24(14-18-30)28-6-4-20-36(2)22-28;2*1-6-2-4-7(5-3-6)11(8,9)10/h3-22H,1-2H3;2*2-5H,1H3,(H,8,9,10). The van der Waals surface area contributed by atoms with E-state index in [1.807, 2.05) is 135 Å². The van der Waals surface area contributed by atoms with Crippen molar-refractivity contribution in [2.75, 3.05) is 10.6 Å². The number of hydrogen-bond acceptors (Lipinski definition) is 8. The van der Waals surface area contributed by atoms with Crippen molar-refractivity contribution in [3.05, 3.63) is 193 Å². The molecule has 12 nitrogen and oxygen atoms in total. The first-order valence-electron chi connectivity index (χ1n) is 18.3. The molecule has 0 spiro atoms. The van der Waals surface area contributed by atoms with Gasteiger partial charge >= 0.3 is 0 Å². The van der Waals surface area contributed by atoms with Crippen molar-refractivity contribution < 1.29 is 44.7 Å². The first-order chi connectivity index (χ1) is 28.4. The Hall–Kier alpha value is -6.84. The molecule has 0 bridgehead atoms. The fourth-order valence-electron chi connectivity index (χ4n) is 5.60. The summed E-state index contributed by atoms with van der Waals surface area (Å²) in [6, 6.07) is 41.7. The van der Waals surface area contributed by atoms with Gasteiger partial charge in [0.15, 0.2) is 24.8 Å². The Morgan fingerprint density at radius 3 is 1.05 bits per heavy atom. The Bertz CT molecular complexity index is 2600. The van der Waals surface area contributed by atoms with Gasteiger partial charge in [0.25, 0.3) is 11.8 Å². The highest BCUT2D eigenvalue weighted by Gasteiger charge is 2.11. The van der Waals surface area contributed by atoms with Crippen LogP contribution in [-0.4, -0.2) is 37.8 Å². The van der Waals surface area contributed by atoms with Gasteiger partial charge in [-0.05, 0) is 110 Å². The lowest BCUT2D eigenvalue weighted by Crippen LogP contribution is -2.26. The van der Waals surface area contributed by atoms with Crippen molar-refractivity contribution in [3.63, 3.8) is 0 Å². The number of aromatic nitrogens is 2. The molecule has 0 saturated heterocycles. The smallest absolute Gasteiger partial charge is 0.255 e. The van der Waals surface area contributed by atoms with Gasteiger partial charge in [-0.25, -0.2) is 26.0 Å². The maximum absolute atomic E-state index is 12.7. The van der Waals surface area contributed by atoms with Gasteiger partial charge in [-0.2, -0.15) is 0 Å². The molecule has 2 heterocycles. The highest BCUT2D eigenvalue weighted by atomic mass is 32.2. The quantitative estimate of drug-likeness (QED) is 0.122. The molecule has 2 aromatic heterocycles. The number of carbonyl (C=O) groups excluding carboxylic acids is 2. The van der Waals surface area contributed by atoms with Crippen LogP contribution in [0.25, 0.3) is 22.3 Å². The number of amides is 2. The molecule has 0 aliphatic carbocycles. The maximum Gasteiger partial charge on any atom is 0.255 e. The van der Waals surface area contributed by atoms with E-state index >= 15 is 0 Å². The molecule has 7 rings (SSSR count). The highest BCUT2D eigenvalue weighted by Crippen LogP contribution is 2.22. The molecule has 0 unspecified atom stereocenters. The van der Waals surface area contributed by atoms with Crippen LogP contribution in [0.3, 0.4) is 0 Å². The maximum atomic E-state index is 12.7. The van der Waals surface area contributed by atoms with Gasteiger partial charge in [0, 0.05) is 45.8 Å². The van der Waals surface area contributed by atoms with Crippen LogP contribution < -0.4 is 19.8 Å². The van der Waals surface area contributed by atoms with E-state index in [-0.39, 0.29) is 21.6 Å². The van der Waals surface area contributed by atoms with Gasteiger partial charge in [-0.15, -0.1) is 0 Å². The second-order valence-corrected chi connectivity index (χ2v) is 16.5. The monoisotopic (exact) mass is 842 g/mol. The van der Waals surface area contributed by atoms with E-state index in [0.29, 0.717) is 22.5 Å². The summed E-state index contributed by atoms with van der Waals surface area (Å²) in [5.41, 5.74) is 8.54.